The van der Waals surface area contributed by atoms with E-state index in [0.717, 1.165) is 37.7 Å². The largest absolute Gasteiger partial charge is 0.480 e. The predicted octanol–water partition coefficient (Wildman–Crippen LogP) is 5.84. The van der Waals surface area contributed by atoms with Gasteiger partial charge in [0.1, 0.15) is 21.4 Å². The summed E-state index contributed by atoms with van der Waals surface area (Å²) in [6.07, 6.45) is 2.79. The molecule has 1 atom stereocenters. The number of aromatic nitrogens is 2. The lowest BCUT2D eigenvalue weighted by Gasteiger charge is -2.12. The molecule has 2 aromatic carbocycles. The third-order valence-electron chi connectivity index (χ3n) is 4.70. The third kappa shape index (κ3) is 4.66. The Morgan fingerprint density at radius 3 is 2.59 bits per heavy atom. The molecular formula is C23H20N2O2S2. The van der Waals surface area contributed by atoms with Crippen LogP contribution in [0.1, 0.15) is 17.5 Å². The Kier molecular flexibility index (Phi) is 5.92. The highest BCUT2D eigenvalue weighted by molar-refractivity contribution is 8.00. The number of nitrogens with zero attached hydrogens (tertiary/aromatic N) is 2. The first-order valence-corrected chi connectivity index (χ1v) is 11.0. The van der Waals surface area contributed by atoms with Crippen LogP contribution in [-0.2, 0) is 11.2 Å². The van der Waals surface area contributed by atoms with Crippen molar-refractivity contribution in [2.45, 2.75) is 30.0 Å². The standard InChI is InChI=1S/C23H20N2O2S2/c1-15-7-9-16(10-8-15)11-12-19(23(26)27)28-21-18-13-20(17-5-3-2-4-6-17)29-22(18)25-14-24-21/h2-10,13-14,19H,11-12H2,1H3,(H,26,27). The fourth-order valence-electron chi connectivity index (χ4n) is 3.09. The van der Waals surface area contributed by atoms with E-state index in [1.165, 1.54) is 23.7 Å². The number of thiophene rings is 1. The first-order valence-electron chi connectivity index (χ1n) is 9.35. The number of hydrogen-bond acceptors (Lipinski definition) is 5. The molecule has 146 valence electrons. The molecule has 6 heteroatoms. The first kappa shape index (κ1) is 19.6. The van der Waals surface area contributed by atoms with Crippen LogP contribution in [0.4, 0.5) is 0 Å². The monoisotopic (exact) mass is 420 g/mol. The van der Waals surface area contributed by atoms with Crippen molar-refractivity contribution in [2.75, 3.05) is 0 Å². The molecule has 2 heterocycles. The summed E-state index contributed by atoms with van der Waals surface area (Å²) in [6, 6.07) is 20.4. The van der Waals surface area contributed by atoms with Gasteiger partial charge in [-0.3, -0.25) is 4.79 Å². The normalized spacial score (nSPS) is 12.2. The Labute approximate surface area is 177 Å². The molecule has 0 aliphatic heterocycles. The molecule has 1 unspecified atom stereocenters. The molecule has 0 amide bonds. The zero-order valence-electron chi connectivity index (χ0n) is 15.9. The summed E-state index contributed by atoms with van der Waals surface area (Å²) in [5.41, 5.74) is 3.48. The molecule has 0 spiro atoms. The molecule has 1 N–H and O–H groups in total. The number of thioether (sulfide) groups is 1. The summed E-state index contributed by atoms with van der Waals surface area (Å²) in [7, 11) is 0. The van der Waals surface area contributed by atoms with Crippen LogP contribution in [0.15, 0.2) is 72.0 Å². The highest BCUT2D eigenvalue weighted by atomic mass is 32.2. The van der Waals surface area contributed by atoms with Gasteiger partial charge in [0.15, 0.2) is 0 Å². The minimum absolute atomic E-state index is 0.546. The van der Waals surface area contributed by atoms with Crippen LogP contribution in [0.25, 0.3) is 20.7 Å². The van der Waals surface area contributed by atoms with E-state index in [1.54, 1.807) is 11.3 Å². The van der Waals surface area contributed by atoms with Gasteiger partial charge in [-0.15, -0.1) is 11.3 Å². The molecule has 29 heavy (non-hydrogen) atoms. The van der Waals surface area contributed by atoms with Gasteiger partial charge >= 0.3 is 5.97 Å². The zero-order valence-corrected chi connectivity index (χ0v) is 17.5. The van der Waals surface area contributed by atoms with E-state index in [1.807, 2.05) is 25.1 Å². The number of aliphatic carboxylic acids is 1. The van der Waals surface area contributed by atoms with Crippen molar-refractivity contribution in [3.63, 3.8) is 0 Å². The predicted molar refractivity (Wildman–Crippen MR) is 120 cm³/mol. The van der Waals surface area contributed by atoms with Crippen LogP contribution in [0, 0.1) is 6.92 Å². The topological polar surface area (TPSA) is 63.1 Å². The van der Waals surface area contributed by atoms with E-state index in [9.17, 15) is 9.90 Å². The van der Waals surface area contributed by atoms with Crippen LogP contribution in [0.3, 0.4) is 0 Å². The maximum Gasteiger partial charge on any atom is 0.317 e. The van der Waals surface area contributed by atoms with E-state index in [4.69, 9.17) is 0 Å². The molecule has 0 saturated heterocycles. The summed E-state index contributed by atoms with van der Waals surface area (Å²) in [6.45, 7) is 2.05. The Bertz CT molecular complexity index is 1120. The fraction of sp³-hybridized carbons (Fsp3) is 0.174. The quantitative estimate of drug-likeness (QED) is 0.300. The van der Waals surface area contributed by atoms with Gasteiger partial charge in [0.25, 0.3) is 0 Å². The zero-order chi connectivity index (χ0) is 20.2. The van der Waals surface area contributed by atoms with E-state index in [2.05, 4.69) is 52.4 Å². The van der Waals surface area contributed by atoms with Gasteiger partial charge in [0, 0.05) is 10.3 Å². The van der Waals surface area contributed by atoms with Gasteiger partial charge in [-0.05, 0) is 37.0 Å². The average molecular weight is 421 g/mol. The number of rotatable bonds is 7. The molecule has 4 aromatic rings. The summed E-state index contributed by atoms with van der Waals surface area (Å²) >= 11 is 2.91. The first-order chi connectivity index (χ1) is 14.1. The minimum atomic E-state index is -0.813. The second-order valence-corrected chi connectivity index (χ2v) is 9.07. The van der Waals surface area contributed by atoms with Crippen molar-refractivity contribution in [1.29, 1.82) is 0 Å². The van der Waals surface area contributed by atoms with E-state index >= 15 is 0 Å². The lowest BCUT2D eigenvalue weighted by molar-refractivity contribution is -0.136. The number of fused-ring (bicyclic) bond motifs is 1. The van der Waals surface area contributed by atoms with E-state index in [-0.39, 0.29) is 0 Å². The van der Waals surface area contributed by atoms with Gasteiger partial charge in [0.05, 0.1) is 0 Å². The minimum Gasteiger partial charge on any atom is -0.480 e. The SMILES string of the molecule is Cc1ccc(CCC(Sc2ncnc3sc(-c4ccccc4)cc23)C(=O)O)cc1. The molecule has 2 aromatic heterocycles. The van der Waals surface area contributed by atoms with E-state index in [0.29, 0.717) is 6.42 Å². The van der Waals surface area contributed by atoms with Gasteiger partial charge in [-0.25, -0.2) is 9.97 Å². The van der Waals surface area contributed by atoms with Crippen LogP contribution in [0.2, 0.25) is 0 Å². The number of carboxylic acid groups (broad SMARTS) is 1. The Balaban J connectivity index is 1.56. The maximum absolute atomic E-state index is 11.9. The highest BCUT2D eigenvalue weighted by Gasteiger charge is 2.22. The number of benzene rings is 2. The Morgan fingerprint density at radius 2 is 1.86 bits per heavy atom. The van der Waals surface area contributed by atoms with Crippen molar-refractivity contribution in [1.82, 2.24) is 9.97 Å². The van der Waals surface area contributed by atoms with E-state index < -0.39 is 11.2 Å². The van der Waals surface area contributed by atoms with Gasteiger partial charge in [-0.1, -0.05) is 71.9 Å². The summed E-state index contributed by atoms with van der Waals surface area (Å²) in [4.78, 5) is 22.7. The molecular weight excluding hydrogens is 400 g/mol. The van der Waals surface area contributed by atoms with Crippen molar-refractivity contribution < 1.29 is 9.90 Å². The molecule has 4 rings (SSSR count). The Morgan fingerprint density at radius 1 is 1.10 bits per heavy atom. The molecule has 0 bridgehead atoms. The van der Waals surface area contributed by atoms with Gasteiger partial charge in [-0.2, -0.15) is 0 Å². The van der Waals surface area contributed by atoms with Crippen molar-refractivity contribution in [3.05, 3.63) is 78.1 Å². The lowest BCUT2D eigenvalue weighted by atomic mass is 10.1. The number of hydrogen-bond donors (Lipinski definition) is 1. The van der Waals surface area contributed by atoms with Gasteiger partial charge in [0.2, 0.25) is 0 Å². The molecule has 0 aliphatic rings. The smallest absolute Gasteiger partial charge is 0.317 e. The van der Waals surface area contributed by atoms with Crippen LogP contribution >= 0.6 is 23.1 Å². The van der Waals surface area contributed by atoms with Crippen LogP contribution in [0.5, 0.6) is 0 Å². The summed E-state index contributed by atoms with van der Waals surface area (Å²) < 4.78 is 0. The highest BCUT2D eigenvalue weighted by Crippen LogP contribution is 2.37. The molecule has 0 saturated carbocycles. The molecule has 4 nitrogen and oxygen atoms in total. The maximum atomic E-state index is 11.9. The molecule has 0 aliphatic carbocycles. The molecule has 0 radical (unpaired) electrons. The van der Waals surface area contributed by atoms with Crippen LogP contribution < -0.4 is 0 Å². The van der Waals surface area contributed by atoms with Crippen LogP contribution in [-0.4, -0.2) is 26.3 Å². The second-order valence-electron chi connectivity index (χ2n) is 6.84. The molecule has 0 fully saturated rings. The van der Waals surface area contributed by atoms with Crippen molar-refractivity contribution in [3.8, 4) is 10.4 Å². The number of carboxylic acids is 1. The third-order valence-corrected chi connectivity index (χ3v) is 7.06. The lowest BCUT2D eigenvalue weighted by Crippen LogP contribution is -2.17. The second kappa shape index (κ2) is 8.76. The number of aryl methyl sites for hydroxylation is 2. The average Bonchev–Trinajstić information content (AvgIpc) is 3.18. The van der Waals surface area contributed by atoms with Crippen molar-refractivity contribution >= 4 is 39.3 Å². The summed E-state index contributed by atoms with van der Waals surface area (Å²) in [5.74, 6) is -0.813. The van der Waals surface area contributed by atoms with Crippen molar-refractivity contribution in [2.24, 2.45) is 0 Å². The summed E-state index contributed by atoms with van der Waals surface area (Å²) in [5, 5.41) is 10.8. The Hall–Kier alpha value is -2.70. The van der Waals surface area contributed by atoms with Gasteiger partial charge < -0.3 is 5.11 Å². The fourth-order valence-corrected chi connectivity index (χ4v) is 5.16. The number of carbonyl (C=O) groups is 1.